The molecule has 3 rings (SSSR count). The van der Waals surface area contributed by atoms with Crippen LogP contribution in [0.2, 0.25) is 0 Å². The minimum atomic E-state index is -0.833. The van der Waals surface area contributed by atoms with E-state index in [4.69, 9.17) is 4.74 Å². The Labute approximate surface area is 146 Å². The summed E-state index contributed by atoms with van der Waals surface area (Å²) in [5, 5.41) is 2.69. The number of fused-ring (bicyclic) bond motifs is 1. The van der Waals surface area contributed by atoms with Gasteiger partial charge < -0.3 is 15.0 Å². The summed E-state index contributed by atoms with van der Waals surface area (Å²) in [7, 11) is 0. The average Bonchev–Trinajstić information content (AvgIpc) is 2.83. The van der Waals surface area contributed by atoms with Crippen molar-refractivity contribution in [2.45, 2.75) is 26.4 Å². The monoisotopic (exact) mass is 362 g/mol. The van der Waals surface area contributed by atoms with Crippen molar-refractivity contribution in [2.75, 3.05) is 5.32 Å². The number of pyridine rings is 1. The van der Waals surface area contributed by atoms with Crippen LogP contribution in [-0.4, -0.2) is 26.2 Å². The number of nitrogens with zero attached hydrogens (tertiary/aromatic N) is 2. The summed E-state index contributed by atoms with van der Waals surface area (Å²) in [5.74, 6) is -1.28. The first-order valence-corrected chi connectivity index (χ1v) is 7.70. The third kappa shape index (κ3) is 3.56. The number of nitrogens with one attached hydrogen (secondary N) is 2. The number of aromatic amines is 1. The van der Waals surface area contributed by atoms with Crippen LogP contribution in [0.1, 0.15) is 20.8 Å². The molecule has 136 valence electrons. The molecule has 2 N–H and O–H groups in total. The maximum absolute atomic E-state index is 13.7. The number of halogens is 2. The molecule has 0 bridgehead atoms. The van der Waals surface area contributed by atoms with E-state index in [1.807, 2.05) is 0 Å². The van der Waals surface area contributed by atoms with Gasteiger partial charge in [-0.2, -0.15) is 4.57 Å². The topological polar surface area (TPSA) is 89.0 Å². The highest BCUT2D eigenvalue weighted by atomic mass is 19.1. The molecule has 0 saturated carbocycles. The summed E-state index contributed by atoms with van der Waals surface area (Å²) in [6.07, 6.45) is 0.446. The molecule has 3 aromatic rings. The number of rotatable bonds is 2. The van der Waals surface area contributed by atoms with Crippen molar-refractivity contribution in [3.8, 4) is 0 Å². The van der Waals surface area contributed by atoms with Gasteiger partial charge in [-0.25, -0.2) is 23.4 Å². The molecule has 26 heavy (non-hydrogen) atoms. The lowest BCUT2D eigenvalue weighted by molar-refractivity contribution is 0.0538. The molecule has 0 amide bonds. The summed E-state index contributed by atoms with van der Waals surface area (Å²) in [6.45, 7) is 5.05. The van der Waals surface area contributed by atoms with Gasteiger partial charge in [-0.15, -0.1) is 0 Å². The molecule has 9 heteroatoms. The highest BCUT2D eigenvalue weighted by Crippen LogP contribution is 2.22. The van der Waals surface area contributed by atoms with Gasteiger partial charge in [0.15, 0.2) is 0 Å². The zero-order valence-corrected chi connectivity index (χ0v) is 14.3. The molecule has 2 heterocycles. The van der Waals surface area contributed by atoms with Crippen LogP contribution in [0.5, 0.6) is 0 Å². The molecule has 0 radical (unpaired) electrons. The van der Waals surface area contributed by atoms with Crippen LogP contribution in [0.4, 0.5) is 25.1 Å². The molecule has 0 unspecified atom stereocenters. The fraction of sp³-hybridized carbons (Fsp3) is 0.235. The third-order valence-electron chi connectivity index (χ3n) is 3.34. The summed E-state index contributed by atoms with van der Waals surface area (Å²) < 4.78 is 32.7. The van der Waals surface area contributed by atoms with Gasteiger partial charge in [0.25, 0.3) is 0 Å². The largest absolute Gasteiger partial charge is 0.443 e. The van der Waals surface area contributed by atoms with Crippen molar-refractivity contribution in [3.63, 3.8) is 0 Å². The van der Waals surface area contributed by atoms with Crippen LogP contribution in [0, 0.1) is 11.6 Å². The number of hydrogen-bond acceptors (Lipinski definition) is 5. The molecule has 0 aliphatic carbocycles. The van der Waals surface area contributed by atoms with Gasteiger partial charge >= 0.3 is 11.8 Å². The van der Waals surface area contributed by atoms with E-state index in [-0.39, 0.29) is 17.0 Å². The average molecular weight is 362 g/mol. The molecule has 0 aliphatic heterocycles. The minimum absolute atomic E-state index is 0.0205. The fourth-order valence-corrected chi connectivity index (χ4v) is 2.29. The maximum Gasteiger partial charge on any atom is 0.423 e. The molecule has 7 nitrogen and oxygen atoms in total. The molecular weight excluding hydrogens is 346 g/mol. The van der Waals surface area contributed by atoms with E-state index in [1.54, 1.807) is 20.8 Å². The molecule has 0 saturated heterocycles. The quantitative estimate of drug-likeness (QED) is 0.728. The standard InChI is InChI=1S/C17H16F2N4O3/c1-17(2,3)26-16(25)23-13-8-20-14(7-12(13)22-15(23)24)21-11-5-4-9(18)6-10(11)19/h4-8H,1-3H3,(H,20,21)(H,22,24). The molecule has 0 aliphatic rings. The van der Waals surface area contributed by atoms with Crippen LogP contribution in [0.3, 0.4) is 0 Å². The molecule has 0 spiro atoms. The Morgan fingerprint density at radius 2 is 2.00 bits per heavy atom. The number of H-pyrrole nitrogens is 1. The number of anilines is 2. The molecule has 2 aromatic heterocycles. The van der Waals surface area contributed by atoms with Crippen molar-refractivity contribution < 1.29 is 18.3 Å². The molecule has 0 atom stereocenters. The number of imidazole rings is 1. The minimum Gasteiger partial charge on any atom is -0.443 e. The number of benzene rings is 1. The second-order valence-corrected chi connectivity index (χ2v) is 6.58. The Morgan fingerprint density at radius 1 is 1.27 bits per heavy atom. The van der Waals surface area contributed by atoms with E-state index in [9.17, 15) is 18.4 Å². The fourth-order valence-electron chi connectivity index (χ4n) is 2.29. The predicted octanol–water partition coefficient (Wildman–Crippen LogP) is 3.53. The van der Waals surface area contributed by atoms with E-state index < -0.39 is 29.0 Å². The van der Waals surface area contributed by atoms with Gasteiger partial charge in [0, 0.05) is 12.1 Å². The van der Waals surface area contributed by atoms with Crippen molar-refractivity contribution >= 4 is 28.6 Å². The Balaban J connectivity index is 1.95. The molecular formula is C17H16F2N4O3. The van der Waals surface area contributed by atoms with Crippen molar-refractivity contribution in [1.82, 2.24) is 14.5 Å². The number of aromatic nitrogens is 3. The van der Waals surface area contributed by atoms with E-state index in [0.29, 0.717) is 5.52 Å². The van der Waals surface area contributed by atoms with Gasteiger partial charge in [0.05, 0.1) is 22.9 Å². The van der Waals surface area contributed by atoms with E-state index in [2.05, 4.69) is 15.3 Å². The maximum atomic E-state index is 13.7. The normalized spacial score (nSPS) is 11.6. The second kappa shape index (κ2) is 6.25. The first-order valence-electron chi connectivity index (χ1n) is 7.70. The highest BCUT2D eigenvalue weighted by Gasteiger charge is 2.22. The van der Waals surface area contributed by atoms with E-state index in [0.717, 1.165) is 16.7 Å². The lowest BCUT2D eigenvalue weighted by Crippen LogP contribution is -2.32. The van der Waals surface area contributed by atoms with Gasteiger partial charge in [-0.1, -0.05) is 0 Å². The zero-order chi connectivity index (χ0) is 19.1. The zero-order valence-electron chi connectivity index (χ0n) is 14.3. The smallest absolute Gasteiger partial charge is 0.423 e. The van der Waals surface area contributed by atoms with Gasteiger partial charge in [-0.3, -0.25) is 0 Å². The van der Waals surface area contributed by atoms with Crippen LogP contribution in [0.25, 0.3) is 11.0 Å². The lowest BCUT2D eigenvalue weighted by Gasteiger charge is -2.19. The van der Waals surface area contributed by atoms with Crippen molar-refractivity contribution in [2.24, 2.45) is 0 Å². The van der Waals surface area contributed by atoms with Gasteiger partial charge in [0.2, 0.25) is 0 Å². The molecule has 0 fully saturated rings. The summed E-state index contributed by atoms with van der Waals surface area (Å²) in [6, 6.07) is 4.50. The van der Waals surface area contributed by atoms with Gasteiger partial charge in [0.1, 0.15) is 23.1 Å². The van der Waals surface area contributed by atoms with Crippen LogP contribution < -0.4 is 11.0 Å². The van der Waals surface area contributed by atoms with Crippen molar-refractivity contribution in [3.05, 3.63) is 52.6 Å². The van der Waals surface area contributed by atoms with Crippen LogP contribution >= 0.6 is 0 Å². The first-order chi connectivity index (χ1) is 12.1. The highest BCUT2D eigenvalue weighted by molar-refractivity contribution is 5.87. The van der Waals surface area contributed by atoms with Gasteiger partial charge in [-0.05, 0) is 32.9 Å². The number of carbonyl (C=O) groups is 1. The number of carbonyl (C=O) groups excluding carboxylic acids is 1. The van der Waals surface area contributed by atoms with Crippen LogP contribution in [0.15, 0.2) is 35.3 Å². The van der Waals surface area contributed by atoms with Crippen LogP contribution in [-0.2, 0) is 4.74 Å². The van der Waals surface area contributed by atoms with E-state index >= 15 is 0 Å². The molecule has 1 aromatic carbocycles. The summed E-state index contributed by atoms with van der Waals surface area (Å²) in [4.78, 5) is 30.9. The van der Waals surface area contributed by atoms with Crippen molar-refractivity contribution in [1.29, 1.82) is 0 Å². The Morgan fingerprint density at radius 3 is 2.65 bits per heavy atom. The first kappa shape index (κ1) is 17.6. The Bertz CT molecular complexity index is 1050. The summed E-state index contributed by atoms with van der Waals surface area (Å²) in [5.41, 5.74) is -0.904. The number of ether oxygens (including phenoxy) is 1. The van der Waals surface area contributed by atoms with E-state index in [1.165, 1.54) is 18.3 Å². The predicted molar refractivity (Wildman–Crippen MR) is 91.6 cm³/mol. The SMILES string of the molecule is CC(C)(C)OC(=O)n1c(=O)[nH]c2cc(Nc3ccc(F)cc3F)ncc21. The third-order valence-corrected chi connectivity index (χ3v) is 3.34. The second-order valence-electron chi connectivity index (χ2n) is 6.58. The lowest BCUT2D eigenvalue weighted by atomic mass is 10.2. The Hall–Kier alpha value is -3.23. The Kier molecular flexibility index (Phi) is 4.23. The summed E-state index contributed by atoms with van der Waals surface area (Å²) >= 11 is 0. The number of hydrogen-bond donors (Lipinski definition) is 2.